The third-order valence-electron chi connectivity index (χ3n) is 3.71. The molecule has 6 nitrogen and oxygen atoms in total. The molecule has 2 aromatic rings. The van der Waals surface area contributed by atoms with E-state index in [1.165, 1.54) is 14.2 Å². The first kappa shape index (κ1) is 19.1. The van der Waals surface area contributed by atoms with E-state index in [2.05, 4.69) is 5.32 Å². The molecule has 0 saturated heterocycles. The van der Waals surface area contributed by atoms with Crippen molar-refractivity contribution in [3.63, 3.8) is 0 Å². The molecule has 0 heterocycles. The largest absolute Gasteiger partial charge is 0.495 e. The number of para-hydroxylation sites is 1. The number of nitrogens with zero attached hydrogens (tertiary/aromatic N) is 1. The molecule has 0 aliphatic heterocycles. The molecule has 0 aromatic heterocycles. The minimum Gasteiger partial charge on any atom is -0.495 e. The Kier molecular flexibility index (Phi) is 5.59. The van der Waals surface area contributed by atoms with Crippen molar-refractivity contribution in [2.24, 2.45) is 0 Å². The molecule has 0 saturated carbocycles. The Bertz CT molecular complexity index is 913. The lowest BCUT2D eigenvalue weighted by atomic mass is 10.1. The van der Waals surface area contributed by atoms with Crippen LogP contribution in [0.4, 0.5) is 11.4 Å². The van der Waals surface area contributed by atoms with Gasteiger partial charge in [0, 0.05) is 18.1 Å². The summed E-state index contributed by atoms with van der Waals surface area (Å²) in [5.41, 5.74) is 1.74. The lowest BCUT2D eigenvalue weighted by Gasteiger charge is -2.20. The van der Waals surface area contributed by atoms with Crippen LogP contribution in [0, 0.1) is 6.92 Å². The van der Waals surface area contributed by atoms with Crippen molar-refractivity contribution in [3.05, 3.63) is 52.5 Å². The fourth-order valence-corrected chi connectivity index (χ4v) is 2.91. The van der Waals surface area contributed by atoms with Crippen LogP contribution < -0.4 is 14.4 Å². The number of nitrogens with one attached hydrogen (secondary N) is 1. The van der Waals surface area contributed by atoms with E-state index in [0.717, 1.165) is 16.1 Å². The Morgan fingerprint density at radius 1 is 1.24 bits per heavy atom. The predicted molar refractivity (Wildman–Crippen MR) is 100 cm³/mol. The Morgan fingerprint density at radius 2 is 1.88 bits per heavy atom. The molecule has 0 unspecified atom stereocenters. The number of aryl methyl sites for hydroxylation is 1. The van der Waals surface area contributed by atoms with Gasteiger partial charge in [0.25, 0.3) is 5.91 Å². The minimum absolute atomic E-state index is 0.227. The molecule has 0 spiro atoms. The Morgan fingerprint density at radius 3 is 2.48 bits per heavy atom. The zero-order chi connectivity index (χ0) is 18.8. The van der Waals surface area contributed by atoms with Crippen LogP contribution in [0.25, 0.3) is 0 Å². The summed E-state index contributed by atoms with van der Waals surface area (Å²) in [6, 6.07) is 9.77. The fourth-order valence-electron chi connectivity index (χ4n) is 2.24. The molecule has 0 aliphatic rings. The van der Waals surface area contributed by atoms with Crippen molar-refractivity contribution in [3.8, 4) is 5.75 Å². The smallest absolute Gasteiger partial charge is 0.257 e. The lowest BCUT2D eigenvalue weighted by molar-refractivity contribution is 0.102. The highest BCUT2D eigenvalue weighted by atomic mass is 35.5. The van der Waals surface area contributed by atoms with E-state index in [1.54, 1.807) is 36.4 Å². The molecular weight excluding hydrogens is 364 g/mol. The average Bonchev–Trinajstić information content (AvgIpc) is 2.56. The SMILES string of the molecule is COc1cc(Cl)c(C)cc1NC(=O)c1ccccc1N(C)S(C)(=O)=O. The van der Waals surface area contributed by atoms with Gasteiger partial charge in [0.2, 0.25) is 10.0 Å². The summed E-state index contributed by atoms with van der Waals surface area (Å²) in [4.78, 5) is 12.7. The van der Waals surface area contributed by atoms with E-state index in [-0.39, 0.29) is 11.3 Å². The molecule has 134 valence electrons. The van der Waals surface area contributed by atoms with Crippen molar-refractivity contribution < 1.29 is 17.9 Å². The van der Waals surface area contributed by atoms with E-state index in [0.29, 0.717) is 16.5 Å². The van der Waals surface area contributed by atoms with Gasteiger partial charge in [0.15, 0.2) is 0 Å². The molecule has 2 aromatic carbocycles. The van der Waals surface area contributed by atoms with Gasteiger partial charge in [-0.2, -0.15) is 0 Å². The molecular formula is C17H19ClN2O4S. The number of carbonyl (C=O) groups is 1. The van der Waals surface area contributed by atoms with Gasteiger partial charge in [-0.1, -0.05) is 23.7 Å². The van der Waals surface area contributed by atoms with Gasteiger partial charge in [-0.15, -0.1) is 0 Å². The number of amides is 1. The van der Waals surface area contributed by atoms with Gasteiger partial charge in [0.1, 0.15) is 5.75 Å². The summed E-state index contributed by atoms with van der Waals surface area (Å²) in [7, 11) is -0.627. The number of hydrogen-bond acceptors (Lipinski definition) is 4. The van der Waals surface area contributed by atoms with Gasteiger partial charge in [0.05, 0.1) is 30.3 Å². The van der Waals surface area contributed by atoms with Crippen molar-refractivity contribution in [2.45, 2.75) is 6.92 Å². The van der Waals surface area contributed by atoms with Gasteiger partial charge >= 0.3 is 0 Å². The van der Waals surface area contributed by atoms with Crippen LogP contribution in [-0.4, -0.2) is 34.7 Å². The summed E-state index contributed by atoms with van der Waals surface area (Å²) in [6.07, 6.45) is 1.08. The maximum atomic E-state index is 12.7. The van der Waals surface area contributed by atoms with Crippen LogP contribution in [0.15, 0.2) is 36.4 Å². The van der Waals surface area contributed by atoms with E-state index in [9.17, 15) is 13.2 Å². The number of methoxy groups -OCH3 is 1. The van der Waals surface area contributed by atoms with E-state index in [4.69, 9.17) is 16.3 Å². The van der Waals surface area contributed by atoms with Gasteiger partial charge in [-0.05, 0) is 30.7 Å². The lowest BCUT2D eigenvalue weighted by Crippen LogP contribution is -2.27. The Balaban J connectivity index is 2.42. The number of rotatable bonds is 5. The van der Waals surface area contributed by atoms with E-state index >= 15 is 0 Å². The second-order valence-electron chi connectivity index (χ2n) is 5.50. The quantitative estimate of drug-likeness (QED) is 0.860. The molecule has 8 heteroatoms. The van der Waals surface area contributed by atoms with Crippen LogP contribution in [0.3, 0.4) is 0 Å². The van der Waals surface area contributed by atoms with Crippen LogP contribution in [0.1, 0.15) is 15.9 Å². The highest BCUT2D eigenvalue weighted by molar-refractivity contribution is 7.92. The summed E-state index contributed by atoms with van der Waals surface area (Å²) in [6.45, 7) is 1.81. The second kappa shape index (κ2) is 7.33. The van der Waals surface area contributed by atoms with Crippen LogP contribution in [0.2, 0.25) is 5.02 Å². The maximum absolute atomic E-state index is 12.7. The van der Waals surface area contributed by atoms with Crippen LogP contribution >= 0.6 is 11.6 Å². The number of sulfonamides is 1. The third-order valence-corrected chi connectivity index (χ3v) is 5.31. The van der Waals surface area contributed by atoms with Crippen molar-refractivity contribution in [2.75, 3.05) is 30.0 Å². The topological polar surface area (TPSA) is 75.7 Å². The predicted octanol–water partition coefficient (Wildman–Crippen LogP) is 3.31. The minimum atomic E-state index is -3.50. The first-order chi connectivity index (χ1) is 11.6. The average molecular weight is 383 g/mol. The maximum Gasteiger partial charge on any atom is 0.257 e. The summed E-state index contributed by atoms with van der Waals surface area (Å²) in [5.74, 6) is -0.0379. The number of halogens is 1. The zero-order valence-corrected chi connectivity index (χ0v) is 15.9. The molecule has 1 N–H and O–H groups in total. The zero-order valence-electron chi connectivity index (χ0n) is 14.3. The number of benzene rings is 2. The molecule has 0 aliphatic carbocycles. The van der Waals surface area contributed by atoms with Gasteiger partial charge in [-0.25, -0.2) is 8.42 Å². The van der Waals surface area contributed by atoms with E-state index in [1.807, 2.05) is 6.92 Å². The molecule has 0 bridgehead atoms. The Labute approximate surface area is 152 Å². The number of ether oxygens (including phenoxy) is 1. The molecule has 0 radical (unpaired) electrons. The summed E-state index contributed by atoms with van der Waals surface area (Å²) in [5, 5.41) is 3.27. The summed E-state index contributed by atoms with van der Waals surface area (Å²) >= 11 is 6.07. The summed E-state index contributed by atoms with van der Waals surface area (Å²) < 4.78 is 29.9. The van der Waals surface area contributed by atoms with Crippen LogP contribution in [-0.2, 0) is 10.0 Å². The monoisotopic (exact) mass is 382 g/mol. The first-order valence-corrected chi connectivity index (χ1v) is 9.56. The standard InChI is InChI=1S/C17H19ClN2O4S/c1-11-9-14(16(24-3)10-13(11)18)19-17(21)12-7-5-6-8-15(12)20(2)25(4,22)23/h5-10H,1-4H3,(H,19,21). The molecule has 0 fully saturated rings. The second-order valence-corrected chi connectivity index (χ2v) is 7.92. The Hall–Kier alpha value is -2.25. The fraction of sp³-hybridized carbons (Fsp3) is 0.235. The van der Waals surface area contributed by atoms with Crippen molar-refractivity contribution in [1.82, 2.24) is 0 Å². The normalized spacial score (nSPS) is 11.1. The number of anilines is 2. The first-order valence-electron chi connectivity index (χ1n) is 7.33. The highest BCUT2D eigenvalue weighted by Crippen LogP contribution is 2.32. The molecule has 25 heavy (non-hydrogen) atoms. The highest BCUT2D eigenvalue weighted by Gasteiger charge is 2.20. The van der Waals surface area contributed by atoms with Gasteiger partial charge in [-0.3, -0.25) is 9.10 Å². The van der Waals surface area contributed by atoms with Gasteiger partial charge < -0.3 is 10.1 Å². The van der Waals surface area contributed by atoms with Crippen molar-refractivity contribution in [1.29, 1.82) is 0 Å². The number of hydrogen-bond donors (Lipinski definition) is 1. The number of carbonyl (C=O) groups excluding carboxylic acids is 1. The van der Waals surface area contributed by atoms with Crippen molar-refractivity contribution >= 4 is 38.9 Å². The van der Waals surface area contributed by atoms with E-state index < -0.39 is 15.9 Å². The molecule has 2 rings (SSSR count). The van der Waals surface area contributed by atoms with Crippen LogP contribution in [0.5, 0.6) is 5.75 Å². The molecule has 1 amide bonds. The third kappa shape index (κ3) is 4.24. The molecule has 0 atom stereocenters.